The highest BCUT2D eigenvalue weighted by Crippen LogP contribution is 2.26. The fourth-order valence-electron chi connectivity index (χ4n) is 2.37. The van der Waals surface area contributed by atoms with E-state index in [1.54, 1.807) is 30.3 Å². The first-order valence-corrected chi connectivity index (χ1v) is 8.29. The maximum Gasteiger partial charge on any atom is 0.275 e. The van der Waals surface area contributed by atoms with Gasteiger partial charge in [0.25, 0.3) is 5.91 Å². The molecule has 0 saturated carbocycles. The van der Waals surface area contributed by atoms with Crippen molar-refractivity contribution in [3.63, 3.8) is 0 Å². The summed E-state index contributed by atoms with van der Waals surface area (Å²) in [7, 11) is 1.51. The summed E-state index contributed by atoms with van der Waals surface area (Å²) in [6.45, 7) is 1.94. The van der Waals surface area contributed by atoms with E-state index in [-0.39, 0.29) is 5.91 Å². The van der Waals surface area contributed by atoms with Crippen molar-refractivity contribution in [3.8, 4) is 17.1 Å². The highest BCUT2D eigenvalue weighted by atomic mass is 35.5. The molecule has 3 aromatic rings. The topological polar surface area (TPSA) is 63.8 Å². The van der Waals surface area contributed by atoms with Crippen LogP contribution in [0.1, 0.15) is 21.7 Å². The molecule has 1 amide bonds. The third-order valence-electron chi connectivity index (χ3n) is 3.79. The molecule has 0 spiro atoms. The molecule has 0 aliphatic heterocycles. The molecule has 0 saturated heterocycles. The van der Waals surface area contributed by atoms with E-state index in [9.17, 15) is 4.79 Å². The van der Waals surface area contributed by atoms with E-state index in [4.69, 9.17) is 20.8 Å². The number of amides is 1. The van der Waals surface area contributed by atoms with Gasteiger partial charge in [-0.25, -0.2) is 5.43 Å². The predicted octanol–water partition coefficient (Wildman–Crippen LogP) is 4.68. The second kappa shape index (κ2) is 7.89. The summed E-state index contributed by atoms with van der Waals surface area (Å²) in [6.07, 6.45) is 1.44. The quantitative estimate of drug-likeness (QED) is 0.525. The van der Waals surface area contributed by atoms with Crippen molar-refractivity contribution in [2.45, 2.75) is 6.92 Å². The zero-order chi connectivity index (χ0) is 18.5. The summed E-state index contributed by atoms with van der Waals surface area (Å²) >= 11 is 6.15. The van der Waals surface area contributed by atoms with Crippen LogP contribution in [-0.2, 0) is 0 Å². The van der Waals surface area contributed by atoms with Crippen LogP contribution in [0.3, 0.4) is 0 Å². The Morgan fingerprint density at radius 3 is 2.77 bits per heavy atom. The number of nitrogens with zero attached hydrogens (tertiary/aromatic N) is 1. The Morgan fingerprint density at radius 2 is 2.00 bits per heavy atom. The molecule has 0 fully saturated rings. The lowest BCUT2D eigenvalue weighted by Gasteiger charge is -2.05. The van der Waals surface area contributed by atoms with Gasteiger partial charge < -0.3 is 9.15 Å². The van der Waals surface area contributed by atoms with Crippen LogP contribution in [0.2, 0.25) is 5.02 Å². The number of hydrazone groups is 1. The zero-order valence-electron chi connectivity index (χ0n) is 14.3. The number of ether oxygens (including phenoxy) is 1. The molecule has 0 aliphatic rings. The summed E-state index contributed by atoms with van der Waals surface area (Å²) in [4.78, 5) is 12.2. The first-order valence-electron chi connectivity index (χ1n) is 7.91. The molecular formula is C20H17ClN2O3. The SMILES string of the molecule is COc1ccccc1C(=O)NN=Cc1ccc(-c2ccc(C)c(Cl)c2)o1. The fraction of sp³-hybridized carbons (Fsp3) is 0.100. The number of methoxy groups -OCH3 is 1. The van der Waals surface area contributed by atoms with Crippen molar-refractivity contribution in [2.75, 3.05) is 7.11 Å². The normalized spacial score (nSPS) is 10.9. The van der Waals surface area contributed by atoms with E-state index in [0.29, 0.717) is 27.9 Å². The molecule has 0 atom stereocenters. The molecule has 1 aromatic heterocycles. The van der Waals surface area contributed by atoms with Crippen LogP contribution in [0.15, 0.2) is 64.1 Å². The highest BCUT2D eigenvalue weighted by molar-refractivity contribution is 6.31. The molecule has 1 N–H and O–H groups in total. The van der Waals surface area contributed by atoms with Crippen LogP contribution in [0, 0.1) is 6.92 Å². The van der Waals surface area contributed by atoms with Gasteiger partial charge in [-0.3, -0.25) is 4.79 Å². The summed E-state index contributed by atoms with van der Waals surface area (Å²) in [5, 5.41) is 4.61. The summed E-state index contributed by atoms with van der Waals surface area (Å²) in [5.74, 6) is 1.30. The molecule has 2 aromatic carbocycles. The highest BCUT2D eigenvalue weighted by Gasteiger charge is 2.10. The average molecular weight is 369 g/mol. The van der Waals surface area contributed by atoms with Gasteiger partial charge in [0.2, 0.25) is 0 Å². The van der Waals surface area contributed by atoms with Crippen molar-refractivity contribution < 1.29 is 13.9 Å². The Hall–Kier alpha value is -3.05. The van der Waals surface area contributed by atoms with Gasteiger partial charge >= 0.3 is 0 Å². The zero-order valence-corrected chi connectivity index (χ0v) is 15.1. The van der Waals surface area contributed by atoms with Crippen LogP contribution < -0.4 is 10.2 Å². The van der Waals surface area contributed by atoms with E-state index in [1.165, 1.54) is 13.3 Å². The van der Waals surface area contributed by atoms with Crippen molar-refractivity contribution in [2.24, 2.45) is 5.10 Å². The largest absolute Gasteiger partial charge is 0.496 e. The number of hydrogen-bond donors (Lipinski definition) is 1. The second-order valence-electron chi connectivity index (χ2n) is 5.57. The predicted molar refractivity (Wildman–Crippen MR) is 102 cm³/mol. The second-order valence-corrected chi connectivity index (χ2v) is 5.97. The third-order valence-corrected chi connectivity index (χ3v) is 4.20. The van der Waals surface area contributed by atoms with E-state index < -0.39 is 0 Å². The van der Waals surface area contributed by atoms with E-state index in [2.05, 4.69) is 10.5 Å². The Bertz CT molecular complexity index is 963. The minimum absolute atomic E-state index is 0.365. The molecular weight excluding hydrogens is 352 g/mol. The lowest BCUT2D eigenvalue weighted by atomic mass is 10.1. The van der Waals surface area contributed by atoms with E-state index in [1.807, 2.05) is 31.2 Å². The Balaban J connectivity index is 1.69. The molecule has 3 rings (SSSR count). The van der Waals surface area contributed by atoms with Crippen molar-refractivity contribution in [1.82, 2.24) is 5.43 Å². The Morgan fingerprint density at radius 1 is 1.19 bits per heavy atom. The maximum absolute atomic E-state index is 12.2. The molecule has 132 valence electrons. The molecule has 5 nitrogen and oxygen atoms in total. The standard InChI is InChI=1S/C20H17ClN2O3/c1-13-7-8-14(11-17(13)21)18-10-9-15(26-18)12-22-23-20(24)16-5-3-4-6-19(16)25-2/h3-12H,1-2H3,(H,23,24). The number of aryl methyl sites for hydroxylation is 1. The van der Waals surface area contributed by atoms with Crippen molar-refractivity contribution >= 4 is 23.7 Å². The number of rotatable bonds is 5. The number of carbonyl (C=O) groups excluding carboxylic acids is 1. The van der Waals surface area contributed by atoms with Crippen LogP contribution in [0.5, 0.6) is 5.75 Å². The molecule has 0 bridgehead atoms. The summed E-state index contributed by atoms with van der Waals surface area (Å²) < 4.78 is 10.9. The van der Waals surface area contributed by atoms with Crippen LogP contribution >= 0.6 is 11.6 Å². The minimum Gasteiger partial charge on any atom is -0.496 e. The van der Waals surface area contributed by atoms with Gasteiger partial charge in [0, 0.05) is 10.6 Å². The molecule has 26 heavy (non-hydrogen) atoms. The number of halogens is 1. The van der Waals surface area contributed by atoms with Gasteiger partial charge in [0.1, 0.15) is 17.3 Å². The van der Waals surface area contributed by atoms with Gasteiger partial charge in [-0.2, -0.15) is 5.10 Å². The third kappa shape index (κ3) is 3.95. The first kappa shape index (κ1) is 17.8. The summed E-state index contributed by atoms with van der Waals surface area (Å²) in [6, 6.07) is 16.2. The van der Waals surface area contributed by atoms with E-state index in [0.717, 1.165) is 11.1 Å². The number of hydrogen-bond acceptors (Lipinski definition) is 4. The number of para-hydroxylation sites is 1. The average Bonchev–Trinajstić information content (AvgIpc) is 3.12. The number of carbonyl (C=O) groups is 1. The smallest absolute Gasteiger partial charge is 0.275 e. The molecule has 0 radical (unpaired) electrons. The van der Waals surface area contributed by atoms with Gasteiger partial charge in [-0.15, -0.1) is 0 Å². The summed E-state index contributed by atoms with van der Waals surface area (Å²) in [5.41, 5.74) is 4.74. The fourth-order valence-corrected chi connectivity index (χ4v) is 2.55. The Kier molecular flexibility index (Phi) is 5.39. The molecule has 0 unspecified atom stereocenters. The van der Waals surface area contributed by atoms with Gasteiger partial charge in [0.05, 0.1) is 18.9 Å². The van der Waals surface area contributed by atoms with Gasteiger partial charge in [-0.1, -0.05) is 35.9 Å². The number of furan rings is 1. The number of nitrogens with one attached hydrogen (secondary N) is 1. The monoisotopic (exact) mass is 368 g/mol. The van der Waals surface area contributed by atoms with Crippen LogP contribution in [0.25, 0.3) is 11.3 Å². The maximum atomic E-state index is 12.2. The molecule has 6 heteroatoms. The minimum atomic E-state index is -0.365. The van der Waals surface area contributed by atoms with E-state index >= 15 is 0 Å². The van der Waals surface area contributed by atoms with Crippen molar-refractivity contribution in [1.29, 1.82) is 0 Å². The first-order chi connectivity index (χ1) is 12.6. The number of benzene rings is 2. The lowest BCUT2D eigenvalue weighted by Crippen LogP contribution is -2.18. The lowest BCUT2D eigenvalue weighted by molar-refractivity contribution is 0.0952. The van der Waals surface area contributed by atoms with Gasteiger partial charge in [-0.05, 0) is 42.8 Å². The van der Waals surface area contributed by atoms with Gasteiger partial charge in [0.15, 0.2) is 0 Å². The van der Waals surface area contributed by atoms with Crippen molar-refractivity contribution in [3.05, 3.63) is 76.5 Å². The Labute approximate surface area is 156 Å². The molecule has 0 aliphatic carbocycles. The van der Waals surface area contributed by atoms with Crippen LogP contribution in [-0.4, -0.2) is 19.2 Å². The molecule has 1 heterocycles. The van der Waals surface area contributed by atoms with Crippen LogP contribution in [0.4, 0.5) is 0 Å².